The average Bonchev–Trinajstić information content (AvgIpc) is 3.30. The summed E-state index contributed by atoms with van der Waals surface area (Å²) >= 11 is 1.31. The Hall–Kier alpha value is -3.61. The van der Waals surface area contributed by atoms with E-state index in [0.29, 0.717) is 21.1 Å². The van der Waals surface area contributed by atoms with E-state index in [9.17, 15) is 18.0 Å². The van der Waals surface area contributed by atoms with Gasteiger partial charge in [0.05, 0.1) is 22.2 Å². The van der Waals surface area contributed by atoms with Crippen LogP contribution in [-0.4, -0.2) is 62.4 Å². The lowest BCUT2D eigenvalue weighted by atomic mass is 10.1. The van der Waals surface area contributed by atoms with Gasteiger partial charge in [0.25, 0.3) is 5.91 Å². The van der Waals surface area contributed by atoms with E-state index in [1.165, 1.54) is 23.7 Å². The first-order valence-electron chi connectivity index (χ1n) is 12.1. The van der Waals surface area contributed by atoms with Gasteiger partial charge in [0.1, 0.15) is 5.01 Å². The molecule has 0 aliphatic heterocycles. The Morgan fingerprint density at radius 3 is 2.36 bits per heavy atom. The van der Waals surface area contributed by atoms with E-state index in [-0.39, 0.29) is 16.6 Å². The zero-order valence-corrected chi connectivity index (χ0v) is 24.6. The average molecular weight is 572 g/mol. The number of nitrogens with one attached hydrogen (secondary N) is 2. The number of aliphatic imine (C=N–C) groups is 1. The highest BCUT2D eigenvalue weighted by atomic mass is 32.2. The molecule has 3 rings (SSSR count). The summed E-state index contributed by atoms with van der Waals surface area (Å²) in [6.07, 6.45) is 2.19. The van der Waals surface area contributed by atoms with Gasteiger partial charge in [-0.2, -0.15) is 4.99 Å². The molecule has 1 aromatic heterocycles. The Kier molecular flexibility index (Phi) is 9.26. The van der Waals surface area contributed by atoms with Crippen LogP contribution in [0.15, 0.2) is 58.5 Å². The Morgan fingerprint density at radius 1 is 1.10 bits per heavy atom. The minimum atomic E-state index is -4.00. The fourth-order valence-electron chi connectivity index (χ4n) is 3.37. The number of anilines is 1. The van der Waals surface area contributed by atoms with Crippen LogP contribution < -0.4 is 10.0 Å². The maximum Gasteiger partial charge on any atom is 0.411 e. The third-order valence-electron chi connectivity index (χ3n) is 4.86. The van der Waals surface area contributed by atoms with Crippen molar-refractivity contribution in [2.24, 2.45) is 4.99 Å². The van der Waals surface area contributed by atoms with Gasteiger partial charge in [-0.05, 0) is 71.0 Å². The standard InChI is InChI=1S/C27H33N5O5S2/c1-17(2)37-26(34)30-20-11-8-18(9-12-20)25-28-15-22(38-25)21-13-10-19(24(33)29-16-32(6)7)14-23(21)39(35,36)31-27(3,4)5/h8-17,31H,1-7H3,(H,30,34). The van der Waals surface area contributed by atoms with Crippen LogP contribution in [0.3, 0.4) is 0 Å². The van der Waals surface area contributed by atoms with Gasteiger partial charge in [-0.25, -0.2) is 22.9 Å². The number of hydrogen-bond acceptors (Lipinski definition) is 7. The minimum absolute atomic E-state index is 0.0401. The van der Waals surface area contributed by atoms with Gasteiger partial charge in [-0.3, -0.25) is 10.1 Å². The summed E-state index contributed by atoms with van der Waals surface area (Å²) in [5, 5.41) is 3.32. The van der Waals surface area contributed by atoms with Crippen LogP contribution in [0.5, 0.6) is 0 Å². The number of ether oxygens (including phenoxy) is 1. The van der Waals surface area contributed by atoms with E-state index in [1.54, 1.807) is 96.2 Å². The van der Waals surface area contributed by atoms with Gasteiger partial charge >= 0.3 is 6.09 Å². The van der Waals surface area contributed by atoms with Crippen LogP contribution in [-0.2, 0) is 14.8 Å². The monoisotopic (exact) mass is 571 g/mol. The van der Waals surface area contributed by atoms with Crippen molar-refractivity contribution in [1.82, 2.24) is 14.6 Å². The molecule has 0 saturated carbocycles. The van der Waals surface area contributed by atoms with Gasteiger partial charge < -0.3 is 9.64 Å². The SMILES string of the molecule is CC(C)OC(=O)Nc1ccc(-c2ncc(-c3ccc(C(=O)N=CN(C)C)cc3S(=O)(=O)NC(C)(C)C)s2)cc1. The molecule has 0 radical (unpaired) electrons. The first-order valence-corrected chi connectivity index (χ1v) is 14.4. The third-order valence-corrected chi connectivity index (χ3v) is 7.73. The fraction of sp³-hybridized carbons (Fsp3) is 0.333. The number of carbonyl (C=O) groups excluding carboxylic acids is 2. The van der Waals surface area contributed by atoms with E-state index in [4.69, 9.17) is 4.74 Å². The van der Waals surface area contributed by atoms with Crippen molar-refractivity contribution in [3.8, 4) is 21.0 Å². The number of sulfonamides is 1. The molecule has 0 fully saturated rings. The molecule has 2 amide bonds. The molecule has 10 nitrogen and oxygen atoms in total. The molecule has 0 aliphatic carbocycles. The lowest BCUT2D eigenvalue weighted by Gasteiger charge is -2.21. The first-order chi connectivity index (χ1) is 18.1. The summed E-state index contributed by atoms with van der Waals surface area (Å²) in [6.45, 7) is 8.76. The molecule has 0 saturated heterocycles. The lowest BCUT2D eigenvalue weighted by molar-refractivity contribution is 0.100. The van der Waals surface area contributed by atoms with Crippen LogP contribution in [0, 0.1) is 0 Å². The summed E-state index contributed by atoms with van der Waals surface area (Å²) in [6, 6.07) is 11.6. The van der Waals surface area contributed by atoms with Crippen molar-refractivity contribution < 1.29 is 22.7 Å². The smallest absolute Gasteiger partial charge is 0.411 e. The molecule has 0 bridgehead atoms. The second-order valence-electron chi connectivity index (χ2n) is 10.3. The molecule has 39 heavy (non-hydrogen) atoms. The molecule has 0 unspecified atom stereocenters. The highest BCUT2D eigenvalue weighted by Crippen LogP contribution is 2.36. The molecule has 2 N–H and O–H groups in total. The largest absolute Gasteiger partial charge is 0.447 e. The van der Waals surface area contributed by atoms with Crippen LogP contribution in [0.1, 0.15) is 45.0 Å². The van der Waals surface area contributed by atoms with E-state index in [0.717, 1.165) is 5.56 Å². The zero-order chi connectivity index (χ0) is 29.0. The zero-order valence-electron chi connectivity index (χ0n) is 23.0. The van der Waals surface area contributed by atoms with Crippen LogP contribution >= 0.6 is 11.3 Å². The molecule has 3 aromatic rings. The van der Waals surface area contributed by atoms with Gasteiger partial charge in [-0.1, -0.05) is 6.07 Å². The van der Waals surface area contributed by atoms with Crippen molar-refractivity contribution in [2.45, 2.75) is 51.2 Å². The van der Waals surface area contributed by atoms with Crippen LogP contribution in [0.2, 0.25) is 0 Å². The lowest BCUT2D eigenvalue weighted by Crippen LogP contribution is -2.40. The molecule has 2 aromatic carbocycles. The molecule has 208 valence electrons. The van der Waals surface area contributed by atoms with Gasteiger partial charge in [0, 0.05) is 48.2 Å². The minimum Gasteiger partial charge on any atom is -0.447 e. The number of hydrogen-bond donors (Lipinski definition) is 2. The quantitative estimate of drug-likeness (QED) is 0.279. The number of benzene rings is 2. The molecule has 1 heterocycles. The van der Waals surface area contributed by atoms with Crippen molar-refractivity contribution in [1.29, 1.82) is 0 Å². The summed E-state index contributed by atoms with van der Waals surface area (Å²) in [4.78, 5) is 35.0. The molecule has 12 heteroatoms. The molecule has 0 spiro atoms. The van der Waals surface area contributed by atoms with Crippen molar-refractivity contribution >= 4 is 45.4 Å². The third kappa shape index (κ3) is 8.44. The first kappa shape index (κ1) is 29.9. The van der Waals surface area contributed by atoms with Crippen molar-refractivity contribution in [3.63, 3.8) is 0 Å². The predicted octanol–water partition coefficient (Wildman–Crippen LogP) is 5.24. The highest BCUT2D eigenvalue weighted by molar-refractivity contribution is 7.89. The molecular weight excluding hydrogens is 538 g/mol. The van der Waals surface area contributed by atoms with E-state index >= 15 is 0 Å². The summed E-state index contributed by atoms with van der Waals surface area (Å²) < 4.78 is 34.6. The number of thiazole rings is 1. The Labute approximate surface area is 233 Å². The molecular formula is C27H33N5O5S2. The number of carbonyl (C=O) groups is 2. The fourth-order valence-corrected chi connectivity index (χ4v) is 6.06. The maximum absolute atomic E-state index is 13.4. The number of nitrogens with zero attached hydrogens (tertiary/aromatic N) is 3. The number of aromatic nitrogens is 1. The number of rotatable bonds is 8. The second kappa shape index (κ2) is 12.1. The van der Waals surface area contributed by atoms with E-state index < -0.39 is 27.6 Å². The summed E-state index contributed by atoms with van der Waals surface area (Å²) in [5.41, 5.74) is 1.18. The van der Waals surface area contributed by atoms with E-state index in [1.807, 2.05) is 0 Å². The summed E-state index contributed by atoms with van der Waals surface area (Å²) in [5.74, 6) is -0.557. The normalized spacial score (nSPS) is 12.1. The predicted molar refractivity (Wildman–Crippen MR) is 155 cm³/mol. The van der Waals surface area contributed by atoms with Gasteiger partial charge in [-0.15, -0.1) is 11.3 Å². The Morgan fingerprint density at radius 2 is 1.77 bits per heavy atom. The highest BCUT2D eigenvalue weighted by Gasteiger charge is 2.27. The molecule has 0 atom stereocenters. The van der Waals surface area contributed by atoms with E-state index in [2.05, 4.69) is 20.0 Å². The van der Waals surface area contributed by atoms with Gasteiger partial charge in [0.15, 0.2) is 0 Å². The van der Waals surface area contributed by atoms with Crippen LogP contribution in [0.25, 0.3) is 21.0 Å². The maximum atomic E-state index is 13.4. The summed E-state index contributed by atoms with van der Waals surface area (Å²) in [7, 11) is -0.540. The molecule has 0 aliphatic rings. The second-order valence-corrected chi connectivity index (χ2v) is 12.9. The van der Waals surface area contributed by atoms with Crippen molar-refractivity contribution in [3.05, 3.63) is 54.2 Å². The number of amides is 2. The Balaban J connectivity index is 1.97. The Bertz CT molecular complexity index is 1470. The van der Waals surface area contributed by atoms with Crippen LogP contribution in [0.4, 0.5) is 10.5 Å². The van der Waals surface area contributed by atoms with Gasteiger partial charge in [0.2, 0.25) is 10.0 Å². The van der Waals surface area contributed by atoms with Crippen molar-refractivity contribution in [2.75, 3.05) is 19.4 Å². The topological polar surface area (TPSA) is 130 Å².